The fourth-order valence-corrected chi connectivity index (χ4v) is 3.94. The third-order valence-corrected chi connectivity index (χ3v) is 5.80. The number of halogens is 1. The van der Waals surface area contributed by atoms with Gasteiger partial charge in [-0.25, -0.2) is 0 Å². The zero-order chi connectivity index (χ0) is 24.5. The Morgan fingerprint density at radius 2 is 1.49 bits per heavy atom. The van der Waals surface area contributed by atoms with E-state index in [4.69, 9.17) is 16.3 Å². The maximum absolute atomic E-state index is 9.56. The van der Waals surface area contributed by atoms with Crippen LogP contribution in [-0.4, -0.2) is 46.6 Å². The van der Waals surface area contributed by atoms with Gasteiger partial charge < -0.3 is 20.3 Å². The van der Waals surface area contributed by atoms with Gasteiger partial charge in [0.1, 0.15) is 18.2 Å². The van der Waals surface area contributed by atoms with Gasteiger partial charge in [0.25, 0.3) is 0 Å². The first kappa shape index (κ1) is 24.8. The molecule has 0 bridgehead atoms. The van der Waals surface area contributed by atoms with Crippen LogP contribution < -0.4 is 10.6 Å². The van der Waals surface area contributed by atoms with E-state index in [2.05, 4.69) is 20.5 Å². The molecule has 0 saturated heterocycles. The van der Waals surface area contributed by atoms with Gasteiger partial charge >= 0.3 is 0 Å². The summed E-state index contributed by atoms with van der Waals surface area (Å²) >= 11 is 6.05. The summed E-state index contributed by atoms with van der Waals surface area (Å²) in [6.07, 6.45) is 1.75. The van der Waals surface area contributed by atoms with E-state index in [1.807, 2.05) is 48.5 Å². The molecule has 7 nitrogen and oxygen atoms in total. The monoisotopic (exact) mass is 492 g/mol. The molecular formula is C27H29ClN4O3. The van der Waals surface area contributed by atoms with Crippen LogP contribution in [-0.2, 0) is 17.8 Å². The first-order valence-electron chi connectivity index (χ1n) is 11.4. The molecule has 35 heavy (non-hydrogen) atoms. The van der Waals surface area contributed by atoms with Crippen LogP contribution in [0.2, 0.25) is 5.02 Å². The zero-order valence-electron chi connectivity index (χ0n) is 19.3. The van der Waals surface area contributed by atoms with Gasteiger partial charge in [-0.1, -0.05) is 35.9 Å². The number of phenols is 2. The molecular weight excluding hydrogens is 464 g/mol. The number of benzene rings is 3. The summed E-state index contributed by atoms with van der Waals surface area (Å²) in [7, 11) is 0. The Morgan fingerprint density at radius 3 is 2.14 bits per heavy atom. The van der Waals surface area contributed by atoms with Crippen LogP contribution in [0.1, 0.15) is 11.1 Å². The van der Waals surface area contributed by atoms with Gasteiger partial charge in [-0.05, 0) is 59.7 Å². The standard InChI is InChI=1S/C27H29ClN4O3/c28-22-5-10-25-26(11-12-30-27(25)15-22)31-19-35-18-29-13-14-32(16-20-1-6-23(33)7-2-20)17-21-3-8-24(34)9-4-21/h1-12,15,29,33-34H,13-14,16-19H2,(H,30,31). The number of pyridine rings is 1. The minimum atomic E-state index is 0.259. The van der Waals surface area contributed by atoms with Gasteiger partial charge in [0.15, 0.2) is 0 Å². The van der Waals surface area contributed by atoms with Crippen molar-refractivity contribution in [3.63, 3.8) is 0 Å². The summed E-state index contributed by atoms with van der Waals surface area (Å²) in [5.74, 6) is 0.518. The summed E-state index contributed by atoms with van der Waals surface area (Å²) in [4.78, 5) is 6.65. The number of aromatic hydroxyl groups is 2. The topological polar surface area (TPSA) is 89.9 Å². The Balaban J connectivity index is 1.23. The summed E-state index contributed by atoms with van der Waals surface area (Å²) < 4.78 is 5.71. The lowest BCUT2D eigenvalue weighted by Gasteiger charge is -2.23. The Bertz CT molecular complexity index is 1170. The number of hydrogen-bond donors (Lipinski definition) is 4. The van der Waals surface area contributed by atoms with Gasteiger partial charge in [-0.3, -0.25) is 15.2 Å². The molecule has 1 heterocycles. The third kappa shape index (κ3) is 7.56. The number of hydrogen-bond acceptors (Lipinski definition) is 7. The van der Waals surface area contributed by atoms with Crippen molar-refractivity contribution in [2.24, 2.45) is 0 Å². The van der Waals surface area contributed by atoms with Crippen molar-refractivity contribution in [1.82, 2.24) is 15.2 Å². The van der Waals surface area contributed by atoms with Crippen LogP contribution in [0, 0.1) is 0 Å². The Morgan fingerprint density at radius 1 is 0.829 bits per heavy atom. The summed E-state index contributed by atoms with van der Waals surface area (Å²) in [6.45, 7) is 3.80. The Hall–Kier alpha value is -3.36. The molecule has 0 radical (unpaired) electrons. The van der Waals surface area contributed by atoms with Crippen molar-refractivity contribution in [3.8, 4) is 11.5 Å². The van der Waals surface area contributed by atoms with Crippen molar-refractivity contribution in [1.29, 1.82) is 0 Å². The summed E-state index contributed by atoms with van der Waals surface area (Å²) in [6, 6.07) is 22.1. The van der Waals surface area contributed by atoms with Gasteiger partial charge in [0.2, 0.25) is 0 Å². The van der Waals surface area contributed by atoms with E-state index in [1.165, 1.54) is 0 Å². The molecule has 0 atom stereocenters. The van der Waals surface area contributed by atoms with Crippen molar-refractivity contribution in [2.75, 3.05) is 31.9 Å². The first-order chi connectivity index (χ1) is 17.1. The first-order valence-corrected chi connectivity index (χ1v) is 11.8. The lowest BCUT2D eigenvalue weighted by molar-refractivity contribution is 0.128. The number of fused-ring (bicyclic) bond motifs is 1. The fourth-order valence-electron chi connectivity index (χ4n) is 3.77. The van der Waals surface area contributed by atoms with Crippen LogP contribution in [0.5, 0.6) is 11.5 Å². The SMILES string of the molecule is Oc1ccc(CN(CCNCOCNc2ccnc3cc(Cl)ccc23)Cc2ccc(O)cc2)cc1. The molecule has 0 unspecified atom stereocenters. The lowest BCUT2D eigenvalue weighted by atomic mass is 10.1. The highest BCUT2D eigenvalue weighted by atomic mass is 35.5. The summed E-state index contributed by atoms with van der Waals surface area (Å²) in [5, 5.41) is 27.4. The molecule has 0 aliphatic rings. The molecule has 1 aromatic heterocycles. The average Bonchev–Trinajstić information content (AvgIpc) is 2.86. The highest BCUT2D eigenvalue weighted by Gasteiger charge is 2.08. The number of rotatable bonds is 12. The van der Waals surface area contributed by atoms with Crippen LogP contribution in [0.3, 0.4) is 0 Å². The van der Waals surface area contributed by atoms with Gasteiger partial charge in [0, 0.05) is 48.5 Å². The minimum Gasteiger partial charge on any atom is -0.508 e. The molecule has 0 spiro atoms. The van der Waals surface area contributed by atoms with E-state index < -0.39 is 0 Å². The largest absolute Gasteiger partial charge is 0.508 e. The average molecular weight is 493 g/mol. The molecule has 4 N–H and O–H groups in total. The lowest BCUT2D eigenvalue weighted by Crippen LogP contribution is -2.33. The highest BCUT2D eigenvalue weighted by Crippen LogP contribution is 2.24. The molecule has 182 valence electrons. The molecule has 0 saturated carbocycles. The maximum atomic E-state index is 9.56. The van der Waals surface area contributed by atoms with Crippen molar-refractivity contribution < 1.29 is 14.9 Å². The predicted octanol–water partition coefficient (Wildman–Crippen LogP) is 4.93. The van der Waals surface area contributed by atoms with E-state index in [9.17, 15) is 10.2 Å². The predicted molar refractivity (Wildman–Crippen MR) is 140 cm³/mol. The second-order valence-electron chi connectivity index (χ2n) is 8.23. The Labute approximate surface area is 210 Å². The number of anilines is 1. The minimum absolute atomic E-state index is 0.259. The van der Waals surface area contributed by atoms with E-state index in [0.29, 0.717) is 18.5 Å². The smallest absolute Gasteiger partial charge is 0.118 e. The number of phenolic OH excluding ortho intramolecular Hbond substituents is 2. The number of nitrogens with zero attached hydrogens (tertiary/aromatic N) is 2. The third-order valence-electron chi connectivity index (χ3n) is 5.56. The van der Waals surface area contributed by atoms with Gasteiger partial charge in [-0.15, -0.1) is 0 Å². The molecule has 0 aliphatic carbocycles. The van der Waals surface area contributed by atoms with Gasteiger partial charge in [-0.2, -0.15) is 0 Å². The normalized spacial score (nSPS) is 11.3. The van der Waals surface area contributed by atoms with Crippen LogP contribution in [0.25, 0.3) is 10.9 Å². The Kier molecular flexibility index (Phi) is 8.75. The van der Waals surface area contributed by atoms with Crippen molar-refractivity contribution >= 4 is 28.2 Å². The van der Waals surface area contributed by atoms with Crippen molar-refractivity contribution in [3.05, 3.63) is 95.1 Å². The zero-order valence-corrected chi connectivity index (χ0v) is 20.1. The number of aromatic nitrogens is 1. The molecule has 4 aromatic rings. The molecule has 3 aromatic carbocycles. The van der Waals surface area contributed by atoms with E-state index in [-0.39, 0.29) is 11.5 Å². The quantitative estimate of drug-likeness (QED) is 0.164. The molecule has 0 aliphatic heterocycles. The molecule has 4 rings (SSSR count). The van der Waals surface area contributed by atoms with E-state index >= 15 is 0 Å². The van der Waals surface area contributed by atoms with E-state index in [1.54, 1.807) is 30.5 Å². The molecule has 0 amide bonds. The highest BCUT2D eigenvalue weighted by molar-refractivity contribution is 6.31. The summed E-state index contributed by atoms with van der Waals surface area (Å²) in [5.41, 5.74) is 4.02. The van der Waals surface area contributed by atoms with Crippen molar-refractivity contribution in [2.45, 2.75) is 13.1 Å². The molecule has 8 heteroatoms. The second kappa shape index (κ2) is 12.4. The van der Waals surface area contributed by atoms with Crippen LogP contribution in [0.15, 0.2) is 79.0 Å². The van der Waals surface area contributed by atoms with Crippen LogP contribution >= 0.6 is 11.6 Å². The van der Waals surface area contributed by atoms with Gasteiger partial charge in [0.05, 0.1) is 12.2 Å². The number of nitrogens with one attached hydrogen (secondary N) is 2. The fraction of sp³-hybridized carbons (Fsp3) is 0.222. The van der Waals surface area contributed by atoms with Crippen LogP contribution in [0.4, 0.5) is 5.69 Å². The van der Waals surface area contributed by atoms with E-state index in [0.717, 1.165) is 53.9 Å². The second-order valence-corrected chi connectivity index (χ2v) is 8.67. The number of ether oxygens (including phenoxy) is 1. The maximum Gasteiger partial charge on any atom is 0.118 e. The molecule has 0 fully saturated rings.